The summed E-state index contributed by atoms with van der Waals surface area (Å²) in [5.41, 5.74) is 6.47. The molecule has 2 atom stereocenters. The number of halogens is 1. The zero-order valence-electron chi connectivity index (χ0n) is 14.0. The Morgan fingerprint density at radius 2 is 1.96 bits per heavy atom. The average molecular weight is 375 g/mol. The first-order chi connectivity index (χ1) is 10.8. The van der Waals surface area contributed by atoms with Crippen LogP contribution < -0.4 is 11.1 Å². The Morgan fingerprint density at radius 1 is 1.29 bits per heavy atom. The maximum Gasteiger partial charge on any atom is 0.224 e. The Balaban J connectivity index is 0.00000288. The molecule has 1 aromatic rings. The summed E-state index contributed by atoms with van der Waals surface area (Å²) in [7, 11) is -3.24. The summed E-state index contributed by atoms with van der Waals surface area (Å²) in [5, 5.41) is 2.75. The third kappa shape index (κ3) is 6.07. The smallest absolute Gasteiger partial charge is 0.224 e. The van der Waals surface area contributed by atoms with Crippen LogP contribution in [0.3, 0.4) is 0 Å². The zero-order valence-corrected chi connectivity index (χ0v) is 15.7. The van der Waals surface area contributed by atoms with Gasteiger partial charge < -0.3 is 11.1 Å². The summed E-state index contributed by atoms with van der Waals surface area (Å²) in [6, 6.07) is 9.07. The van der Waals surface area contributed by atoms with Crippen molar-refractivity contribution in [1.29, 1.82) is 0 Å². The second kappa shape index (κ2) is 8.83. The molecule has 2 unspecified atom stereocenters. The van der Waals surface area contributed by atoms with Crippen molar-refractivity contribution in [2.24, 2.45) is 11.7 Å². The molecule has 3 N–H and O–H groups in total. The molecule has 2 rings (SSSR count). The van der Waals surface area contributed by atoms with Gasteiger partial charge in [-0.15, -0.1) is 12.4 Å². The fourth-order valence-corrected chi connectivity index (χ4v) is 4.40. The third-order valence-corrected chi connectivity index (χ3v) is 6.11. The molecule has 0 bridgehead atoms. The van der Waals surface area contributed by atoms with Crippen LogP contribution in [-0.2, 0) is 20.4 Å². The van der Waals surface area contributed by atoms with Gasteiger partial charge in [-0.25, -0.2) is 8.42 Å². The van der Waals surface area contributed by atoms with Crippen LogP contribution in [0.4, 0.5) is 0 Å². The number of nitrogens with two attached hydrogens (primary N) is 1. The van der Waals surface area contributed by atoms with Crippen molar-refractivity contribution >= 4 is 28.2 Å². The summed E-state index contributed by atoms with van der Waals surface area (Å²) >= 11 is 0. The average Bonchev–Trinajstić information content (AvgIpc) is 2.47. The first kappa shape index (κ1) is 20.9. The van der Waals surface area contributed by atoms with E-state index in [4.69, 9.17) is 5.73 Å². The molecule has 0 aliphatic heterocycles. The van der Waals surface area contributed by atoms with Crippen molar-refractivity contribution in [2.75, 3.05) is 12.3 Å². The predicted molar refractivity (Wildman–Crippen MR) is 98.7 cm³/mol. The van der Waals surface area contributed by atoms with E-state index in [9.17, 15) is 13.2 Å². The zero-order chi connectivity index (χ0) is 16.9. The van der Waals surface area contributed by atoms with Crippen molar-refractivity contribution in [1.82, 2.24) is 5.32 Å². The minimum Gasteiger partial charge on any atom is -0.355 e. The van der Waals surface area contributed by atoms with E-state index in [1.165, 1.54) is 0 Å². The number of carbonyl (C=O) groups excluding carboxylic acids is 1. The molecule has 1 aliphatic carbocycles. The van der Waals surface area contributed by atoms with Gasteiger partial charge in [0.15, 0.2) is 9.84 Å². The number of hydrogen-bond acceptors (Lipinski definition) is 4. The number of hydrogen-bond donors (Lipinski definition) is 2. The molecule has 24 heavy (non-hydrogen) atoms. The molecule has 1 saturated carbocycles. The number of nitrogens with one attached hydrogen (secondary N) is 1. The van der Waals surface area contributed by atoms with Crippen LogP contribution in [0.2, 0.25) is 0 Å². The van der Waals surface area contributed by atoms with Gasteiger partial charge in [-0.1, -0.05) is 43.2 Å². The van der Waals surface area contributed by atoms with Gasteiger partial charge in [0.1, 0.15) is 0 Å². The maximum atomic E-state index is 12.3. The van der Waals surface area contributed by atoms with Gasteiger partial charge in [0, 0.05) is 12.1 Å². The Kier molecular flexibility index (Phi) is 7.70. The van der Waals surface area contributed by atoms with Crippen molar-refractivity contribution in [2.45, 2.75) is 43.9 Å². The highest BCUT2D eigenvalue weighted by Crippen LogP contribution is 2.31. The van der Waals surface area contributed by atoms with Gasteiger partial charge in [0.25, 0.3) is 0 Å². The van der Waals surface area contributed by atoms with Crippen LogP contribution in [-0.4, -0.2) is 32.2 Å². The molecular formula is C17H27ClN2O3S. The summed E-state index contributed by atoms with van der Waals surface area (Å²) in [5.74, 6) is -0.402. The summed E-state index contributed by atoms with van der Waals surface area (Å²) < 4.78 is 24.2. The van der Waals surface area contributed by atoms with Crippen LogP contribution in [0.15, 0.2) is 30.3 Å². The number of rotatable bonds is 6. The molecule has 0 heterocycles. The SMILES string of the molecule is CC1(N)CCCCC1C(=O)NCCS(=O)(=O)Cc1ccccc1.Cl. The molecule has 7 heteroatoms. The molecule has 1 amide bonds. The topological polar surface area (TPSA) is 89.3 Å². The second-order valence-electron chi connectivity index (χ2n) is 6.67. The van der Waals surface area contributed by atoms with Crippen molar-refractivity contribution in [3.63, 3.8) is 0 Å². The summed E-state index contributed by atoms with van der Waals surface area (Å²) in [6.07, 6.45) is 3.65. The van der Waals surface area contributed by atoms with Crippen LogP contribution >= 0.6 is 12.4 Å². The van der Waals surface area contributed by atoms with Crippen LogP contribution in [0.5, 0.6) is 0 Å². The van der Waals surface area contributed by atoms with Crippen LogP contribution in [0.1, 0.15) is 38.2 Å². The summed E-state index contributed by atoms with van der Waals surface area (Å²) in [4.78, 5) is 12.3. The molecular weight excluding hydrogens is 348 g/mol. The van der Waals surface area contributed by atoms with Crippen LogP contribution in [0.25, 0.3) is 0 Å². The van der Waals surface area contributed by atoms with E-state index >= 15 is 0 Å². The molecule has 0 saturated heterocycles. The molecule has 1 aromatic carbocycles. The van der Waals surface area contributed by atoms with Gasteiger partial charge in [0.05, 0.1) is 17.4 Å². The van der Waals surface area contributed by atoms with Gasteiger partial charge in [-0.2, -0.15) is 0 Å². The normalized spacial score (nSPS) is 24.0. The molecule has 5 nitrogen and oxygen atoms in total. The van der Waals surface area contributed by atoms with E-state index in [1.54, 1.807) is 12.1 Å². The van der Waals surface area contributed by atoms with E-state index in [0.29, 0.717) is 0 Å². The number of amides is 1. The number of benzene rings is 1. The Bertz CT molecular complexity index is 632. The van der Waals surface area contributed by atoms with Gasteiger partial charge in [-0.05, 0) is 25.3 Å². The Morgan fingerprint density at radius 3 is 2.58 bits per heavy atom. The monoisotopic (exact) mass is 374 g/mol. The van der Waals surface area contributed by atoms with E-state index in [1.807, 2.05) is 25.1 Å². The number of sulfone groups is 1. The van der Waals surface area contributed by atoms with Crippen LogP contribution in [0, 0.1) is 5.92 Å². The van der Waals surface area contributed by atoms with Crippen molar-refractivity contribution < 1.29 is 13.2 Å². The van der Waals surface area contributed by atoms with Gasteiger partial charge in [0.2, 0.25) is 5.91 Å². The number of carbonyl (C=O) groups is 1. The molecule has 1 fully saturated rings. The van der Waals surface area contributed by atoms with Crippen molar-refractivity contribution in [3.05, 3.63) is 35.9 Å². The molecule has 1 aliphatic rings. The minimum atomic E-state index is -3.24. The Hall–Kier alpha value is -1.11. The highest BCUT2D eigenvalue weighted by Gasteiger charge is 2.37. The molecule has 136 valence electrons. The predicted octanol–water partition coefficient (Wildman–Crippen LogP) is 2.05. The lowest BCUT2D eigenvalue weighted by Gasteiger charge is -2.37. The lowest BCUT2D eigenvalue weighted by atomic mass is 9.74. The third-order valence-electron chi connectivity index (χ3n) is 4.51. The van der Waals surface area contributed by atoms with Crippen molar-refractivity contribution in [3.8, 4) is 0 Å². The summed E-state index contributed by atoms with van der Waals surface area (Å²) in [6.45, 7) is 2.04. The highest BCUT2D eigenvalue weighted by molar-refractivity contribution is 7.90. The maximum absolute atomic E-state index is 12.3. The lowest BCUT2D eigenvalue weighted by molar-refractivity contribution is -0.127. The minimum absolute atomic E-state index is 0. The highest BCUT2D eigenvalue weighted by atomic mass is 35.5. The van der Waals surface area contributed by atoms with E-state index in [-0.39, 0.29) is 42.3 Å². The van der Waals surface area contributed by atoms with Gasteiger partial charge in [-0.3, -0.25) is 4.79 Å². The Labute approximate surface area is 150 Å². The van der Waals surface area contributed by atoms with E-state index < -0.39 is 15.4 Å². The van der Waals surface area contributed by atoms with Gasteiger partial charge >= 0.3 is 0 Å². The fourth-order valence-electron chi connectivity index (χ4n) is 3.14. The fraction of sp³-hybridized carbons (Fsp3) is 0.588. The van der Waals surface area contributed by atoms with E-state index in [0.717, 1.165) is 31.2 Å². The molecule has 0 radical (unpaired) electrons. The quantitative estimate of drug-likeness (QED) is 0.797. The molecule has 0 spiro atoms. The standard InChI is InChI=1S/C17H26N2O3S.ClH/c1-17(18)10-6-5-9-15(17)16(20)19-11-12-23(21,22)13-14-7-3-2-4-8-14;/h2-4,7-8,15H,5-6,9-13,18H2,1H3,(H,19,20);1H. The second-order valence-corrected chi connectivity index (χ2v) is 8.86. The lowest BCUT2D eigenvalue weighted by Crippen LogP contribution is -2.53. The molecule has 0 aromatic heterocycles. The van der Waals surface area contributed by atoms with E-state index in [2.05, 4.69) is 5.32 Å². The first-order valence-electron chi connectivity index (χ1n) is 8.11. The largest absolute Gasteiger partial charge is 0.355 e. The first-order valence-corrected chi connectivity index (χ1v) is 9.93.